The molecule has 0 spiro atoms. The lowest BCUT2D eigenvalue weighted by Crippen LogP contribution is -2.50. The molecule has 1 unspecified atom stereocenters. The smallest absolute Gasteiger partial charge is 0.0872 e. The van der Waals surface area contributed by atoms with Crippen molar-refractivity contribution < 1.29 is 4.74 Å². The Bertz CT molecular complexity index is 313. The van der Waals surface area contributed by atoms with Crippen molar-refractivity contribution in [2.45, 2.75) is 37.8 Å². The first kappa shape index (κ1) is 11.6. The zero-order chi connectivity index (χ0) is 11.4. The number of benzene rings is 1. The summed E-state index contributed by atoms with van der Waals surface area (Å²) in [7, 11) is 1.84. The Morgan fingerprint density at radius 1 is 1.31 bits per heavy atom. The van der Waals surface area contributed by atoms with Gasteiger partial charge in [-0.1, -0.05) is 37.3 Å². The third-order valence-electron chi connectivity index (χ3n) is 3.67. The summed E-state index contributed by atoms with van der Waals surface area (Å²) < 4.78 is 5.78. The molecule has 1 saturated carbocycles. The van der Waals surface area contributed by atoms with Crippen molar-refractivity contribution >= 4 is 0 Å². The highest BCUT2D eigenvalue weighted by atomic mass is 16.5. The maximum atomic E-state index is 5.78. The van der Waals surface area contributed by atoms with E-state index in [4.69, 9.17) is 4.74 Å². The summed E-state index contributed by atoms with van der Waals surface area (Å²) in [6.07, 6.45) is 3.61. The lowest BCUT2D eigenvalue weighted by atomic mass is 9.72. The van der Waals surface area contributed by atoms with Gasteiger partial charge >= 0.3 is 0 Å². The van der Waals surface area contributed by atoms with Crippen molar-refractivity contribution in [1.29, 1.82) is 0 Å². The molecule has 0 amide bonds. The van der Waals surface area contributed by atoms with Crippen LogP contribution in [0, 0.1) is 0 Å². The van der Waals surface area contributed by atoms with Gasteiger partial charge in [-0.05, 0) is 31.4 Å². The molecule has 0 aromatic heterocycles. The highest BCUT2D eigenvalue weighted by Crippen LogP contribution is 2.44. The lowest BCUT2D eigenvalue weighted by Gasteiger charge is -2.47. The summed E-state index contributed by atoms with van der Waals surface area (Å²) in [5.74, 6) is 0. The van der Waals surface area contributed by atoms with E-state index in [-0.39, 0.29) is 5.60 Å². The van der Waals surface area contributed by atoms with Gasteiger partial charge in [0.1, 0.15) is 0 Å². The van der Waals surface area contributed by atoms with Gasteiger partial charge in [0, 0.05) is 7.11 Å². The van der Waals surface area contributed by atoms with Crippen LogP contribution in [-0.2, 0) is 4.74 Å². The summed E-state index contributed by atoms with van der Waals surface area (Å²) in [6.45, 7) is 3.13. The van der Waals surface area contributed by atoms with Crippen molar-refractivity contribution in [1.82, 2.24) is 5.32 Å². The van der Waals surface area contributed by atoms with E-state index in [2.05, 4.69) is 42.6 Å². The molecule has 1 aliphatic carbocycles. The minimum Gasteiger partial charge on any atom is -0.376 e. The van der Waals surface area contributed by atoms with Gasteiger partial charge in [-0.25, -0.2) is 0 Å². The minimum absolute atomic E-state index is 0.0252. The predicted octanol–water partition coefficient (Wildman–Crippen LogP) is 2.91. The van der Waals surface area contributed by atoms with Gasteiger partial charge < -0.3 is 10.1 Å². The molecule has 88 valence electrons. The second kappa shape index (κ2) is 4.98. The van der Waals surface area contributed by atoms with Gasteiger partial charge in [0.05, 0.1) is 11.6 Å². The van der Waals surface area contributed by atoms with Crippen LogP contribution in [0.1, 0.15) is 37.8 Å². The van der Waals surface area contributed by atoms with Crippen molar-refractivity contribution in [3.63, 3.8) is 0 Å². The summed E-state index contributed by atoms with van der Waals surface area (Å²) in [6, 6.07) is 11.0. The van der Waals surface area contributed by atoms with E-state index in [1.165, 1.54) is 12.0 Å². The molecule has 1 N–H and O–H groups in total. The zero-order valence-electron chi connectivity index (χ0n) is 10.2. The molecule has 1 aromatic rings. The topological polar surface area (TPSA) is 21.3 Å². The predicted molar refractivity (Wildman–Crippen MR) is 66.5 cm³/mol. The van der Waals surface area contributed by atoms with Crippen LogP contribution >= 0.6 is 0 Å². The quantitative estimate of drug-likeness (QED) is 0.822. The average molecular weight is 219 g/mol. The Hall–Kier alpha value is -0.860. The second-order valence-electron chi connectivity index (χ2n) is 4.52. The number of hydrogen-bond acceptors (Lipinski definition) is 2. The first-order chi connectivity index (χ1) is 7.82. The van der Waals surface area contributed by atoms with Crippen LogP contribution in [0.15, 0.2) is 30.3 Å². The fraction of sp³-hybridized carbons (Fsp3) is 0.571. The first-order valence-corrected chi connectivity index (χ1v) is 6.16. The van der Waals surface area contributed by atoms with Gasteiger partial charge in [-0.15, -0.1) is 0 Å². The van der Waals surface area contributed by atoms with E-state index in [9.17, 15) is 0 Å². The van der Waals surface area contributed by atoms with E-state index in [0.717, 1.165) is 19.4 Å². The van der Waals surface area contributed by atoms with Gasteiger partial charge in [-0.2, -0.15) is 0 Å². The molecule has 1 fully saturated rings. The third kappa shape index (κ3) is 2.00. The number of likely N-dealkylation sites (N-methyl/N-ethyl adjacent to an activating group) is 1. The standard InChI is InChI=1S/C14H21NO/c1-3-15-13(12-8-5-4-6-9-12)14(16-2)10-7-11-14/h4-6,8-9,13,15H,3,7,10-11H2,1-2H3. The minimum atomic E-state index is 0.0252. The summed E-state index contributed by atoms with van der Waals surface area (Å²) in [4.78, 5) is 0. The molecular weight excluding hydrogens is 198 g/mol. The largest absolute Gasteiger partial charge is 0.376 e. The molecule has 0 saturated heterocycles. The van der Waals surface area contributed by atoms with Crippen molar-refractivity contribution in [3.05, 3.63) is 35.9 Å². The SMILES string of the molecule is CCNC(c1ccccc1)C1(OC)CCC1. The number of nitrogens with one attached hydrogen (secondary N) is 1. The summed E-state index contributed by atoms with van der Waals surface area (Å²) in [5, 5.41) is 3.57. The fourth-order valence-corrected chi connectivity index (χ4v) is 2.59. The Kier molecular flexibility index (Phi) is 3.62. The molecule has 2 rings (SSSR count). The van der Waals surface area contributed by atoms with Crippen molar-refractivity contribution in [3.8, 4) is 0 Å². The average Bonchev–Trinajstić information content (AvgIpc) is 2.28. The number of hydrogen-bond donors (Lipinski definition) is 1. The molecule has 2 nitrogen and oxygen atoms in total. The third-order valence-corrected chi connectivity index (χ3v) is 3.67. The van der Waals surface area contributed by atoms with E-state index < -0.39 is 0 Å². The second-order valence-corrected chi connectivity index (χ2v) is 4.52. The summed E-state index contributed by atoms with van der Waals surface area (Å²) >= 11 is 0. The Labute approximate surface area is 98.0 Å². The molecule has 0 aliphatic heterocycles. The summed E-state index contributed by atoms with van der Waals surface area (Å²) in [5.41, 5.74) is 1.36. The molecule has 1 aliphatic rings. The van der Waals surface area contributed by atoms with Crippen LogP contribution in [0.2, 0.25) is 0 Å². The van der Waals surface area contributed by atoms with E-state index in [1.807, 2.05) is 7.11 Å². The van der Waals surface area contributed by atoms with E-state index in [0.29, 0.717) is 6.04 Å². The van der Waals surface area contributed by atoms with Crippen LogP contribution < -0.4 is 5.32 Å². The maximum absolute atomic E-state index is 5.78. The fourth-order valence-electron chi connectivity index (χ4n) is 2.59. The highest BCUT2D eigenvalue weighted by Gasteiger charge is 2.44. The van der Waals surface area contributed by atoms with Crippen LogP contribution in [0.4, 0.5) is 0 Å². The van der Waals surface area contributed by atoms with Crippen LogP contribution in [-0.4, -0.2) is 19.3 Å². The molecule has 16 heavy (non-hydrogen) atoms. The van der Waals surface area contributed by atoms with E-state index in [1.54, 1.807) is 0 Å². The van der Waals surface area contributed by atoms with Gasteiger partial charge in [0.2, 0.25) is 0 Å². The van der Waals surface area contributed by atoms with Crippen molar-refractivity contribution in [2.75, 3.05) is 13.7 Å². The molecular formula is C14H21NO. The molecule has 1 aromatic carbocycles. The van der Waals surface area contributed by atoms with Crippen LogP contribution in [0.25, 0.3) is 0 Å². The van der Waals surface area contributed by atoms with Gasteiger partial charge in [-0.3, -0.25) is 0 Å². The molecule has 1 atom stereocenters. The van der Waals surface area contributed by atoms with Crippen LogP contribution in [0.3, 0.4) is 0 Å². The van der Waals surface area contributed by atoms with Crippen molar-refractivity contribution in [2.24, 2.45) is 0 Å². The molecule has 0 radical (unpaired) electrons. The Morgan fingerprint density at radius 3 is 2.44 bits per heavy atom. The molecule has 2 heteroatoms. The number of rotatable bonds is 5. The number of methoxy groups -OCH3 is 1. The van der Waals surface area contributed by atoms with Gasteiger partial charge in [0.15, 0.2) is 0 Å². The van der Waals surface area contributed by atoms with Gasteiger partial charge in [0.25, 0.3) is 0 Å². The highest BCUT2D eigenvalue weighted by molar-refractivity contribution is 5.23. The number of ether oxygens (including phenoxy) is 1. The molecule has 0 bridgehead atoms. The van der Waals surface area contributed by atoms with E-state index >= 15 is 0 Å². The Balaban J connectivity index is 2.23. The Morgan fingerprint density at radius 2 is 2.00 bits per heavy atom. The first-order valence-electron chi connectivity index (χ1n) is 6.16. The lowest BCUT2D eigenvalue weighted by molar-refractivity contribution is -0.0995. The monoisotopic (exact) mass is 219 g/mol. The maximum Gasteiger partial charge on any atom is 0.0872 e. The molecule has 0 heterocycles. The van der Waals surface area contributed by atoms with Crippen LogP contribution in [0.5, 0.6) is 0 Å². The zero-order valence-corrected chi connectivity index (χ0v) is 10.2. The normalized spacial score (nSPS) is 20.1.